The third kappa shape index (κ3) is 20.3. The zero-order chi connectivity index (χ0) is 16.8. The standard InChI is InChI=1S/C15H31NO5S.Na/c1-3-4-5-6-7-8-9-10-11-12-15(17)16-13-14(2)21-22(18,19)20;/h14H,3-13H2,1-2H3,(H,16,17)(H,18,19,20);/q;+1. The molecular weight excluding hydrogens is 329 g/mol. The summed E-state index contributed by atoms with van der Waals surface area (Å²) in [4.78, 5) is 11.5. The number of amides is 1. The molecule has 0 saturated carbocycles. The monoisotopic (exact) mass is 360 g/mol. The van der Waals surface area contributed by atoms with Crippen LogP contribution in [0.2, 0.25) is 0 Å². The Kier molecular flexibility index (Phi) is 17.6. The van der Waals surface area contributed by atoms with Crippen molar-refractivity contribution in [3.8, 4) is 0 Å². The quantitative estimate of drug-likeness (QED) is 0.263. The van der Waals surface area contributed by atoms with Gasteiger partial charge in [0.1, 0.15) is 0 Å². The molecule has 0 saturated heterocycles. The van der Waals surface area contributed by atoms with Gasteiger partial charge in [0.05, 0.1) is 6.10 Å². The first kappa shape index (κ1) is 25.6. The van der Waals surface area contributed by atoms with Gasteiger partial charge in [0.25, 0.3) is 0 Å². The van der Waals surface area contributed by atoms with E-state index in [0.29, 0.717) is 6.42 Å². The minimum atomic E-state index is -4.46. The second-order valence-electron chi connectivity index (χ2n) is 5.72. The Morgan fingerprint density at radius 2 is 1.52 bits per heavy atom. The molecule has 0 aliphatic heterocycles. The van der Waals surface area contributed by atoms with Crippen LogP contribution in [0.15, 0.2) is 0 Å². The van der Waals surface area contributed by atoms with Crippen molar-refractivity contribution < 1.29 is 51.5 Å². The van der Waals surface area contributed by atoms with Crippen molar-refractivity contribution >= 4 is 16.3 Å². The molecule has 0 radical (unpaired) electrons. The largest absolute Gasteiger partial charge is 1.00 e. The van der Waals surface area contributed by atoms with E-state index >= 15 is 0 Å². The first-order valence-corrected chi connectivity index (χ1v) is 9.64. The maximum atomic E-state index is 11.5. The third-order valence-corrected chi connectivity index (χ3v) is 3.95. The van der Waals surface area contributed by atoms with Crippen LogP contribution in [0, 0.1) is 0 Å². The van der Waals surface area contributed by atoms with Crippen LogP contribution in [0.1, 0.15) is 78.1 Å². The van der Waals surface area contributed by atoms with E-state index in [0.717, 1.165) is 19.3 Å². The van der Waals surface area contributed by atoms with E-state index in [1.807, 2.05) is 0 Å². The van der Waals surface area contributed by atoms with Crippen molar-refractivity contribution in [2.45, 2.75) is 84.2 Å². The molecule has 23 heavy (non-hydrogen) atoms. The summed E-state index contributed by atoms with van der Waals surface area (Å²) >= 11 is 0. The fourth-order valence-electron chi connectivity index (χ4n) is 2.18. The molecule has 8 heteroatoms. The van der Waals surface area contributed by atoms with Crippen molar-refractivity contribution in [1.29, 1.82) is 0 Å². The van der Waals surface area contributed by atoms with Crippen molar-refractivity contribution in [2.75, 3.05) is 6.54 Å². The summed E-state index contributed by atoms with van der Waals surface area (Å²) in [5.41, 5.74) is 0. The predicted molar refractivity (Wildman–Crippen MR) is 86.9 cm³/mol. The minimum absolute atomic E-state index is 0. The van der Waals surface area contributed by atoms with Gasteiger partial charge in [0, 0.05) is 13.0 Å². The van der Waals surface area contributed by atoms with Gasteiger partial charge in [0.2, 0.25) is 5.91 Å². The van der Waals surface area contributed by atoms with Crippen LogP contribution in [0.3, 0.4) is 0 Å². The van der Waals surface area contributed by atoms with Gasteiger partial charge < -0.3 is 5.32 Å². The molecular formula is C15H31NNaO5S+. The predicted octanol–water partition coefficient (Wildman–Crippen LogP) is 0.235. The normalized spacial score (nSPS) is 12.5. The average Bonchev–Trinajstić information content (AvgIpc) is 2.41. The third-order valence-electron chi connectivity index (χ3n) is 3.38. The van der Waals surface area contributed by atoms with Crippen LogP contribution in [-0.2, 0) is 19.4 Å². The summed E-state index contributed by atoms with van der Waals surface area (Å²) in [6.07, 6.45) is 10.4. The summed E-state index contributed by atoms with van der Waals surface area (Å²) in [6.45, 7) is 3.74. The van der Waals surface area contributed by atoms with Gasteiger partial charge in [-0.05, 0) is 13.3 Å². The molecule has 0 aromatic carbocycles. The molecule has 132 valence electrons. The van der Waals surface area contributed by atoms with Gasteiger partial charge in [-0.3, -0.25) is 9.35 Å². The summed E-state index contributed by atoms with van der Waals surface area (Å²) in [6, 6.07) is 0. The minimum Gasteiger partial charge on any atom is -0.353 e. The van der Waals surface area contributed by atoms with Crippen LogP contribution in [0.25, 0.3) is 0 Å². The number of carbonyl (C=O) groups excluding carboxylic acids is 1. The van der Waals surface area contributed by atoms with Gasteiger partial charge in [0.15, 0.2) is 0 Å². The second-order valence-corrected chi connectivity index (χ2v) is 6.76. The van der Waals surface area contributed by atoms with E-state index in [-0.39, 0.29) is 42.0 Å². The van der Waals surface area contributed by atoms with Gasteiger partial charge in [-0.25, -0.2) is 4.18 Å². The maximum absolute atomic E-state index is 11.5. The number of unbranched alkanes of at least 4 members (excludes halogenated alkanes) is 8. The van der Waals surface area contributed by atoms with Gasteiger partial charge in [-0.1, -0.05) is 58.3 Å². The van der Waals surface area contributed by atoms with Gasteiger partial charge in [-0.2, -0.15) is 8.42 Å². The molecule has 0 spiro atoms. The zero-order valence-electron chi connectivity index (χ0n) is 14.8. The van der Waals surface area contributed by atoms with Crippen molar-refractivity contribution in [1.82, 2.24) is 5.32 Å². The Hall–Kier alpha value is 0.340. The van der Waals surface area contributed by atoms with Crippen LogP contribution in [0.5, 0.6) is 0 Å². The Morgan fingerprint density at radius 1 is 1.04 bits per heavy atom. The molecule has 1 unspecified atom stereocenters. The first-order valence-electron chi connectivity index (χ1n) is 8.27. The molecule has 2 N–H and O–H groups in total. The number of hydrogen-bond acceptors (Lipinski definition) is 4. The van der Waals surface area contributed by atoms with Crippen LogP contribution < -0.4 is 34.9 Å². The molecule has 1 atom stereocenters. The molecule has 0 aromatic rings. The Morgan fingerprint density at radius 3 is 2.00 bits per heavy atom. The van der Waals surface area contributed by atoms with E-state index in [1.165, 1.54) is 45.4 Å². The summed E-state index contributed by atoms with van der Waals surface area (Å²) in [7, 11) is -4.46. The molecule has 0 heterocycles. The molecule has 6 nitrogen and oxygen atoms in total. The Balaban J connectivity index is 0. The Labute approximate surface area is 163 Å². The zero-order valence-corrected chi connectivity index (χ0v) is 17.7. The fraction of sp³-hybridized carbons (Fsp3) is 0.933. The number of carbonyl (C=O) groups is 1. The van der Waals surface area contributed by atoms with E-state index in [1.54, 1.807) is 0 Å². The summed E-state index contributed by atoms with van der Waals surface area (Å²) in [5, 5.41) is 2.59. The van der Waals surface area contributed by atoms with E-state index in [4.69, 9.17) is 4.55 Å². The smallest absolute Gasteiger partial charge is 0.353 e. The first-order chi connectivity index (χ1) is 10.3. The molecule has 0 rings (SSSR count). The Bertz CT molecular complexity index is 389. The van der Waals surface area contributed by atoms with E-state index in [2.05, 4.69) is 16.4 Å². The van der Waals surface area contributed by atoms with Gasteiger partial charge in [-0.15, -0.1) is 0 Å². The number of nitrogens with one attached hydrogen (secondary N) is 1. The summed E-state index contributed by atoms with van der Waals surface area (Å²) in [5.74, 6) is -0.117. The molecule has 0 fully saturated rings. The number of hydrogen-bond donors (Lipinski definition) is 2. The molecule has 0 aliphatic carbocycles. The fourth-order valence-corrected chi connectivity index (χ4v) is 2.67. The topological polar surface area (TPSA) is 92.7 Å². The van der Waals surface area contributed by atoms with Crippen molar-refractivity contribution in [2.24, 2.45) is 0 Å². The maximum Gasteiger partial charge on any atom is 1.00 e. The van der Waals surface area contributed by atoms with E-state index < -0.39 is 16.5 Å². The van der Waals surface area contributed by atoms with Crippen LogP contribution in [0.4, 0.5) is 0 Å². The summed E-state index contributed by atoms with van der Waals surface area (Å²) < 4.78 is 33.7. The molecule has 1 amide bonds. The molecule has 0 bridgehead atoms. The molecule has 0 aromatic heterocycles. The number of rotatable bonds is 14. The van der Waals surface area contributed by atoms with Crippen LogP contribution in [-0.4, -0.2) is 31.5 Å². The van der Waals surface area contributed by atoms with Crippen LogP contribution >= 0.6 is 0 Å². The SMILES string of the molecule is CCCCCCCCCCCC(=O)NCC(C)OS(=O)(=O)O.[Na+]. The van der Waals surface area contributed by atoms with Gasteiger partial charge >= 0.3 is 40.0 Å². The van der Waals surface area contributed by atoms with Crippen molar-refractivity contribution in [3.05, 3.63) is 0 Å². The average molecular weight is 360 g/mol. The molecule has 0 aliphatic rings. The van der Waals surface area contributed by atoms with Crippen molar-refractivity contribution in [3.63, 3.8) is 0 Å². The van der Waals surface area contributed by atoms with E-state index in [9.17, 15) is 13.2 Å². The second kappa shape index (κ2) is 15.8.